The maximum Gasteiger partial charge on any atom is 0.305 e. The van der Waals surface area contributed by atoms with Crippen molar-refractivity contribution < 1.29 is 14.3 Å². The lowest BCUT2D eigenvalue weighted by molar-refractivity contribution is -0.143. The van der Waals surface area contributed by atoms with Crippen molar-refractivity contribution in [1.82, 2.24) is 0 Å². The SMILES string of the molecule is CCCCCOC(=O)CCCC(=O)Nc1ccc(CC)cc1. The minimum absolute atomic E-state index is 0.0666. The molecule has 0 fully saturated rings. The first-order valence-electron chi connectivity index (χ1n) is 8.20. The van der Waals surface area contributed by atoms with Gasteiger partial charge in [-0.3, -0.25) is 9.59 Å². The van der Waals surface area contributed by atoms with E-state index < -0.39 is 0 Å². The van der Waals surface area contributed by atoms with Crippen molar-refractivity contribution in [3.8, 4) is 0 Å². The summed E-state index contributed by atoms with van der Waals surface area (Å²) in [6, 6.07) is 7.81. The number of hydrogen-bond acceptors (Lipinski definition) is 3. The molecule has 1 aromatic carbocycles. The second-order valence-electron chi connectivity index (χ2n) is 5.38. The summed E-state index contributed by atoms with van der Waals surface area (Å²) in [7, 11) is 0. The predicted octanol–water partition coefficient (Wildman–Crippen LogP) is 4.09. The molecule has 4 heteroatoms. The molecule has 0 saturated heterocycles. The Morgan fingerprint density at radius 2 is 1.73 bits per heavy atom. The van der Waals surface area contributed by atoms with E-state index in [-0.39, 0.29) is 11.9 Å². The number of hydrogen-bond donors (Lipinski definition) is 1. The summed E-state index contributed by atoms with van der Waals surface area (Å²) >= 11 is 0. The van der Waals surface area contributed by atoms with Gasteiger partial charge in [0.1, 0.15) is 0 Å². The molecular weight excluding hydrogens is 278 g/mol. The lowest BCUT2D eigenvalue weighted by atomic mass is 10.1. The number of benzene rings is 1. The second-order valence-corrected chi connectivity index (χ2v) is 5.38. The molecule has 0 saturated carbocycles. The third kappa shape index (κ3) is 7.81. The number of rotatable bonds is 10. The maximum atomic E-state index is 11.8. The van der Waals surface area contributed by atoms with Crippen LogP contribution in [-0.2, 0) is 20.7 Å². The number of ether oxygens (including phenoxy) is 1. The lowest BCUT2D eigenvalue weighted by Crippen LogP contribution is -2.12. The van der Waals surface area contributed by atoms with Gasteiger partial charge in [0.25, 0.3) is 0 Å². The average molecular weight is 305 g/mol. The van der Waals surface area contributed by atoms with E-state index in [1.165, 1.54) is 5.56 Å². The number of unbranched alkanes of at least 4 members (excludes halogenated alkanes) is 2. The van der Waals surface area contributed by atoms with E-state index in [9.17, 15) is 9.59 Å². The molecule has 0 radical (unpaired) electrons. The molecule has 0 spiro atoms. The third-order valence-corrected chi connectivity index (χ3v) is 3.44. The first kappa shape index (κ1) is 18.2. The van der Waals surface area contributed by atoms with Crippen LogP contribution in [0.5, 0.6) is 0 Å². The largest absolute Gasteiger partial charge is 0.466 e. The fourth-order valence-electron chi connectivity index (χ4n) is 2.05. The zero-order valence-electron chi connectivity index (χ0n) is 13.7. The molecule has 0 bridgehead atoms. The van der Waals surface area contributed by atoms with Crippen molar-refractivity contribution >= 4 is 17.6 Å². The molecule has 1 aromatic rings. The molecule has 0 aliphatic heterocycles. The van der Waals surface area contributed by atoms with Gasteiger partial charge in [-0.15, -0.1) is 0 Å². The molecule has 1 N–H and O–H groups in total. The molecule has 0 aliphatic carbocycles. The minimum atomic E-state index is -0.212. The summed E-state index contributed by atoms with van der Waals surface area (Å²) in [5.41, 5.74) is 2.04. The summed E-state index contributed by atoms with van der Waals surface area (Å²) in [4.78, 5) is 23.2. The number of carbonyl (C=O) groups is 2. The van der Waals surface area contributed by atoms with Crippen molar-refractivity contribution in [2.24, 2.45) is 0 Å². The zero-order chi connectivity index (χ0) is 16.2. The van der Waals surface area contributed by atoms with Crippen LogP contribution in [0.25, 0.3) is 0 Å². The molecule has 1 rings (SSSR count). The van der Waals surface area contributed by atoms with Gasteiger partial charge in [-0.05, 0) is 37.0 Å². The topological polar surface area (TPSA) is 55.4 Å². The molecule has 22 heavy (non-hydrogen) atoms. The highest BCUT2D eigenvalue weighted by Gasteiger charge is 2.06. The van der Waals surface area contributed by atoms with Gasteiger partial charge in [0, 0.05) is 18.5 Å². The zero-order valence-corrected chi connectivity index (χ0v) is 13.7. The molecule has 0 unspecified atom stereocenters. The van der Waals surface area contributed by atoms with E-state index in [1.54, 1.807) is 0 Å². The van der Waals surface area contributed by atoms with Gasteiger partial charge in [-0.25, -0.2) is 0 Å². The molecule has 0 atom stereocenters. The Morgan fingerprint density at radius 3 is 2.36 bits per heavy atom. The fraction of sp³-hybridized carbons (Fsp3) is 0.556. The van der Waals surface area contributed by atoms with Crippen molar-refractivity contribution in [2.75, 3.05) is 11.9 Å². The van der Waals surface area contributed by atoms with Crippen LogP contribution in [0.15, 0.2) is 24.3 Å². The number of nitrogens with one attached hydrogen (secondary N) is 1. The Hall–Kier alpha value is -1.84. The van der Waals surface area contributed by atoms with Crippen LogP contribution in [-0.4, -0.2) is 18.5 Å². The Kier molecular flexibility index (Phi) is 8.96. The molecule has 122 valence electrons. The van der Waals surface area contributed by atoms with Gasteiger partial charge in [-0.1, -0.05) is 38.8 Å². The van der Waals surface area contributed by atoms with Crippen LogP contribution in [0.1, 0.15) is 57.9 Å². The van der Waals surface area contributed by atoms with Gasteiger partial charge in [0.05, 0.1) is 6.61 Å². The molecular formula is C18H27NO3. The number of carbonyl (C=O) groups excluding carboxylic acids is 2. The lowest BCUT2D eigenvalue weighted by Gasteiger charge is -2.06. The Morgan fingerprint density at radius 1 is 1.00 bits per heavy atom. The van der Waals surface area contributed by atoms with Crippen LogP contribution in [0.2, 0.25) is 0 Å². The first-order chi connectivity index (χ1) is 10.7. The predicted molar refractivity (Wildman–Crippen MR) is 88.8 cm³/mol. The smallest absolute Gasteiger partial charge is 0.305 e. The maximum absolute atomic E-state index is 11.8. The van der Waals surface area contributed by atoms with Crippen LogP contribution in [0.4, 0.5) is 5.69 Å². The number of esters is 1. The van der Waals surface area contributed by atoms with E-state index in [0.717, 1.165) is 31.4 Å². The van der Waals surface area contributed by atoms with E-state index in [0.29, 0.717) is 25.9 Å². The number of anilines is 1. The first-order valence-corrected chi connectivity index (χ1v) is 8.20. The van der Waals surface area contributed by atoms with Crippen LogP contribution in [0, 0.1) is 0 Å². The summed E-state index contributed by atoms with van der Waals surface area (Å²) in [6.07, 6.45) is 5.23. The summed E-state index contributed by atoms with van der Waals surface area (Å²) in [5, 5.41) is 2.84. The van der Waals surface area contributed by atoms with Crippen LogP contribution >= 0.6 is 0 Å². The van der Waals surface area contributed by atoms with Crippen molar-refractivity contribution in [1.29, 1.82) is 0 Å². The molecule has 1 amide bonds. The van der Waals surface area contributed by atoms with E-state index >= 15 is 0 Å². The van der Waals surface area contributed by atoms with Gasteiger partial charge in [0.15, 0.2) is 0 Å². The Balaban J connectivity index is 2.15. The summed E-state index contributed by atoms with van der Waals surface area (Å²) in [6.45, 7) is 4.69. The fourth-order valence-corrected chi connectivity index (χ4v) is 2.05. The van der Waals surface area contributed by atoms with Crippen molar-refractivity contribution in [3.63, 3.8) is 0 Å². The number of aryl methyl sites for hydroxylation is 1. The van der Waals surface area contributed by atoms with E-state index in [4.69, 9.17) is 4.74 Å². The van der Waals surface area contributed by atoms with E-state index in [1.807, 2.05) is 24.3 Å². The van der Waals surface area contributed by atoms with Gasteiger partial charge in [-0.2, -0.15) is 0 Å². The van der Waals surface area contributed by atoms with E-state index in [2.05, 4.69) is 19.2 Å². The van der Waals surface area contributed by atoms with Crippen LogP contribution in [0.3, 0.4) is 0 Å². The Bertz CT molecular complexity index is 454. The highest BCUT2D eigenvalue weighted by atomic mass is 16.5. The van der Waals surface area contributed by atoms with Crippen molar-refractivity contribution in [2.45, 2.75) is 58.8 Å². The average Bonchev–Trinajstić information content (AvgIpc) is 2.52. The Labute approximate surface area is 133 Å². The second kappa shape index (κ2) is 10.8. The standard InChI is InChI=1S/C18H27NO3/c1-3-5-6-14-22-18(21)9-7-8-17(20)19-16-12-10-15(4-2)11-13-16/h10-13H,3-9,14H2,1-2H3,(H,19,20). The molecule has 0 aliphatic rings. The number of amides is 1. The quantitative estimate of drug-likeness (QED) is 0.523. The third-order valence-electron chi connectivity index (χ3n) is 3.44. The molecule has 0 aromatic heterocycles. The minimum Gasteiger partial charge on any atom is -0.466 e. The summed E-state index contributed by atoms with van der Waals surface area (Å²) in [5.74, 6) is -0.278. The molecule has 0 heterocycles. The van der Waals surface area contributed by atoms with Gasteiger partial charge < -0.3 is 10.1 Å². The highest BCUT2D eigenvalue weighted by Crippen LogP contribution is 2.11. The van der Waals surface area contributed by atoms with Gasteiger partial charge in [0.2, 0.25) is 5.91 Å². The molecule has 4 nitrogen and oxygen atoms in total. The summed E-state index contributed by atoms with van der Waals surface area (Å²) < 4.78 is 5.10. The van der Waals surface area contributed by atoms with Gasteiger partial charge >= 0.3 is 5.97 Å². The monoisotopic (exact) mass is 305 g/mol. The normalized spacial score (nSPS) is 10.3. The highest BCUT2D eigenvalue weighted by molar-refractivity contribution is 5.90. The van der Waals surface area contributed by atoms with Crippen molar-refractivity contribution in [3.05, 3.63) is 29.8 Å². The van der Waals surface area contributed by atoms with Crippen LogP contribution < -0.4 is 5.32 Å².